The fourth-order valence-corrected chi connectivity index (χ4v) is 1.64. The van der Waals surface area contributed by atoms with Crippen LogP contribution in [-0.4, -0.2) is 37.9 Å². The van der Waals surface area contributed by atoms with Gasteiger partial charge in [-0.2, -0.15) is 0 Å². The second-order valence-corrected chi connectivity index (χ2v) is 4.46. The van der Waals surface area contributed by atoms with Crippen molar-refractivity contribution in [3.8, 4) is 11.5 Å². The predicted molar refractivity (Wildman–Crippen MR) is 77.3 cm³/mol. The summed E-state index contributed by atoms with van der Waals surface area (Å²) < 4.78 is 10.4. The minimum Gasteiger partial charge on any atom is -0.507 e. The second kappa shape index (κ2) is 9.20. The first kappa shape index (κ1) is 16.3. The SMILES string of the molecule is CCCCOCCCNC(=O)c1cc(OC)ccc1O. The van der Waals surface area contributed by atoms with Gasteiger partial charge in [0.2, 0.25) is 0 Å². The zero-order valence-electron chi connectivity index (χ0n) is 12.1. The Bertz CT molecular complexity index is 420. The molecule has 0 heterocycles. The van der Waals surface area contributed by atoms with Crippen LogP contribution in [0.15, 0.2) is 18.2 Å². The quantitative estimate of drug-likeness (QED) is 0.682. The van der Waals surface area contributed by atoms with Gasteiger partial charge < -0.3 is 19.9 Å². The highest BCUT2D eigenvalue weighted by atomic mass is 16.5. The Kier molecular flexibility index (Phi) is 7.50. The lowest BCUT2D eigenvalue weighted by Gasteiger charge is -2.08. The van der Waals surface area contributed by atoms with Crippen LogP contribution in [0.3, 0.4) is 0 Å². The van der Waals surface area contributed by atoms with E-state index in [2.05, 4.69) is 12.2 Å². The zero-order chi connectivity index (χ0) is 14.8. The molecular formula is C15H23NO4. The highest BCUT2D eigenvalue weighted by Crippen LogP contribution is 2.22. The van der Waals surface area contributed by atoms with Crippen molar-refractivity contribution in [2.75, 3.05) is 26.9 Å². The van der Waals surface area contributed by atoms with Crippen molar-refractivity contribution in [1.29, 1.82) is 0 Å². The van der Waals surface area contributed by atoms with Crippen LogP contribution < -0.4 is 10.1 Å². The molecule has 1 amide bonds. The number of phenols is 1. The Balaban J connectivity index is 2.32. The molecule has 1 rings (SSSR count). The van der Waals surface area contributed by atoms with Gasteiger partial charge in [-0.25, -0.2) is 0 Å². The molecule has 5 nitrogen and oxygen atoms in total. The molecule has 0 spiro atoms. The van der Waals surface area contributed by atoms with Gasteiger partial charge in [0, 0.05) is 19.8 Å². The minimum atomic E-state index is -0.310. The van der Waals surface area contributed by atoms with E-state index in [1.54, 1.807) is 6.07 Å². The fourth-order valence-electron chi connectivity index (χ4n) is 1.64. The third kappa shape index (κ3) is 5.48. The summed E-state index contributed by atoms with van der Waals surface area (Å²) in [6.07, 6.45) is 2.93. The van der Waals surface area contributed by atoms with Crippen molar-refractivity contribution in [2.24, 2.45) is 0 Å². The molecule has 20 heavy (non-hydrogen) atoms. The van der Waals surface area contributed by atoms with Crippen LogP contribution in [0.5, 0.6) is 11.5 Å². The predicted octanol–water partition coefficient (Wildman–Crippen LogP) is 2.34. The van der Waals surface area contributed by atoms with Crippen LogP contribution in [0.4, 0.5) is 0 Å². The van der Waals surface area contributed by atoms with E-state index in [1.807, 2.05) is 0 Å². The summed E-state index contributed by atoms with van der Waals surface area (Å²) in [5, 5.41) is 12.4. The minimum absolute atomic E-state index is 0.0532. The first-order valence-corrected chi connectivity index (χ1v) is 6.92. The van der Waals surface area contributed by atoms with E-state index in [0.29, 0.717) is 18.9 Å². The maximum atomic E-state index is 11.9. The molecule has 0 aliphatic heterocycles. The maximum Gasteiger partial charge on any atom is 0.255 e. The Hall–Kier alpha value is -1.75. The number of unbranched alkanes of at least 4 members (excludes halogenated alkanes) is 1. The van der Waals surface area contributed by atoms with Crippen LogP contribution >= 0.6 is 0 Å². The van der Waals surface area contributed by atoms with Crippen molar-refractivity contribution in [3.63, 3.8) is 0 Å². The van der Waals surface area contributed by atoms with Crippen LogP contribution in [0.25, 0.3) is 0 Å². The largest absolute Gasteiger partial charge is 0.507 e. The number of ether oxygens (including phenoxy) is 2. The van der Waals surface area contributed by atoms with Gasteiger partial charge in [-0.3, -0.25) is 4.79 Å². The van der Waals surface area contributed by atoms with Crippen molar-refractivity contribution in [3.05, 3.63) is 23.8 Å². The summed E-state index contributed by atoms with van der Waals surface area (Å²) in [6.45, 7) is 4.03. The van der Waals surface area contributed by atoms with Crippen LogP contribution in [0.1, 0.15) is 36.5 Å². The summed E-state index contributed by atoms with van der Waals surface area (Å²) >= 11 is 0. The van der Waals surface area contributed by atoms with E-state index < -0.39 is 0 Å². The molecule has 0 atom stereocenters. The molecule has 5 heteroatoms. The number of amides is 1. The molecule has 1 aromatic carbocycles. The first-order valence-electron chi connectivity index (χ1n) is 6.92. The standard InChI is InChI=1S/C15H23NO4/c1-3-4-9-20-10-5-8-16-15(18)13-11-12(19-2)6-7-14(13)17/h6-7,11,17H,3-5,8-10H2,1-2H3,(H,16,18). The molecule has 0 bridgehead atoms. The van der Waals surface area contributed by atoms with Gasteiger partial charge in [-0.15, -0.1) is 0 Å². The van der Waals surface area contributed by atoms with E-state index >= 15 is 0 Å². The van der Waals surface area contributed by atoms with E-state index in [-0.39, 0.29) is 17.2 Å². The topological polar surface area (TPSA) is 67.8 Å². The summed E-state index contributed by atoms with van der Waals surface area (Å²) in [4.78, 5) is 11.9. The number of aromatic hydroxyl groups is 1. The Morgan fingerprint density at radius 2 is 2.05 bits per heavy atom. The normalized spacial score (nSPS) is 10.3. The molecule has 2 N–H and O–H groups in total. The van der Waals surface area contributed by atoms with Gasteiger partial charge in [0.05, 0.1) is 12.7 Å². The Labute approximate surface area is 119 Å². The Morgan fingerprint density at radius 3 is 2.75 bits per heavy atom. The number of rotatable bonds is 9. The van der Waals surface area contributed by atoms with E-state index in [9.17, 15) is 9.90 Å². The van der Waals surface area contributed by atoms with Gasteiger partial charge in [0.25, 0.3) is 5.91 Å². The van der Waals surface area contributed by atoms with Crippen LogP contribution in [-0.2, 0) is 4.74 Å². The third-order valence-corrected chi connectivity index (χ3v) is 2.84. The molecule has 0 aliphatic carbocycles. The lowest BCUT2D eigenvalue weighted by molar-refractivity contribution is 0.0937. The molecule has 0 radical (unpaired) electrons. The van der Waals surface area contributed by atoms with Crippen molar-refractivity contribution in [1.82, 2.24) is 5.32 Å². The summed E-state index contributed by atoms with van der Waals surface area (Å²) in [5.41, 5.74) is 0.219. The number of hydrogen-bond donors (Lipinski definition) is 2. The molecular weight excluding hydrogens is 258 g/mol. The number of phenolic OH excluding ortho intramolecular Hbond substituents is 1. The molecule has 1 aromatic rings. The molecule has 0 saturated carbocycles. The van der Waals surface area contributed by atoms with Crippen molar-refractivity contribution >= 4 is 5.91 Å². The van der Waals surface area contributed by atoms with Crippen LogP contribution in [0.2, 0.25) is 0 Å². The summed E-state index contributed by atoms with van der Waals surface area (Å²) in [6, 6.07) is 4.57. The van der Waals surface area contributed by atoms with Gasteiger partial charge in [0.15, 0.2) is 0 Å². The number of methoxy groups -OCH3 is 1. The highest BCUT2D eigenvalue weighted by molar-refractivity contribution is 5.97. The van der Waals surface area contributed by atoms with Gasteiger partial charge in [-0.1, -0.05) is 13.3 Å². The van der Waals surface area contributed by atoms with E-state index in [1.165, 1.54) is 19.2 Å². The molecule has 112 valence electrons. The number of carbonyl (C=O) groups excluding carboxylic acids is 1. The number of nitrogens with one attached hydrogen (secondary N) is 1. The molecule has 0 unspecified atom stereocenters. The fraction of sp³-hybridized carbons (Fsp3) is 0.533. The monoisotopic (exact) mass is 281 g/mol. The molecule has 0 aliphatic rings. The lowest BCUT2D eigenvalue weighted by Crippen LogP contribution is -2.25. The van der Waals surface area contributed by atoms with Gasteiger partial charge in [0.1, 0.15) is 11.5 Å². The second-order valence-electron chi connectivity index (χ2n) is 4.46. The average Bonchev–Trinajstić information content (AvgIpc) is 2.46. The molecule has 0 saturated heterocycles. The number of carbonyl (C=O) groups is 1. The molecule has 0 fully saturated rings. The Morgan fingerprint density at radius 1 is 1.30 bits per heavy atom. The maximum absolute atomic E-state index is 11.9. The average molecular weight is 281 g/mol. The van der Waals surface area contributed by atoms with Crippen LogP contribution in [0, 0.1) is 0 Å². The van der Waals surface area contributed by atoms with Crippen molar-refractivity contribution in [2.45, 2.75) is 26.2 Å². The van der Waals surface area contributed by atoms with Gasteiger partial charge in [-0.05, 0) is 31.0 Å². The first-order chi connectivity index (χ1) is 9.69. The van der Waals surface area contributed by atoms with Crippen molar-refractivity contribution < 1.29 is 19.4 Å². The van der Waals surface area contributed by atoms with E-state index in [4.69, 9.17) is 9.47 Å². The smallest absolute Gasteiger partial charge is 0.255 e. The third-order valence-electron chi connectivity index (χ3n) is 2.84. The summed E-state index contributed by atoms with van der Waals surface area (Å²) in [5.74, 6) is 0.174. The molecule has 0 aromatic heterocycles. The lowest BCUT2D eigenvalue weighted by atomic mass is 10.1. The zero-order valence-corrected chi connectivity index (χ0v) is 12.1. The summed E-state index contributed by atoms with van der Waals surface area (Å²) in [7, 11) is 1.52. The number of hydrogen-bond acceptors (Lipinski definition) is 4. The van der Waals surface area contributed by atoms with Gasteiger partial charge >= 0.3 is 0 Å². The van der Waals surface area contributed by atoms with E-state index in [0.717, 1.165) is 25.9 Å². The highest BCUT2D eigenvalue weighted by Gasteiger charge is 2.11. The number of benzene rings is 1.